The summed E-state index contributed by atoms with van der Waals surface area (Å²) in [5, 5.41) is 18.6. The number of phenols is 1. The molecule has 152 valence electrons. The SMILES string of the molecule is CCOc1cc(Br)cc(/C=C2/C(=O)N(c3nc(-c4ccccc4)cs3)N=C2C)c1O. The predicted molar refractivity (Wildman–Crippen MR) is 123 cm³/mol. The third kappa shape index (κ3) is 3.88. The fourth-order valence-electron chi connectivity index (χ4n) is 3.04. The standard InChI is InChI=1S/C22H18BrN3O3S/c1-3-29-19-11-16(23)9-15(20(19)27)10-17-13(2)25-26(21(17)28)22-24-18(12-30-22)14-7-5-4-6-8-14/h4-12,27H,3H2,1-2H3/b17-10+. The van der Waals surface area contributed by atoms with E-state index in [1.165, 1.54) is 16.3 Å². The highest BCUT2D eigenvalue weighted by Crippen LogP contribution is 2.37. The first kappa shape index (κ1) is 20.3. The lowest BCUT2D eigenvalue weighted by atomic mass is 10.1. The number of aromatic hydroxyl groups is 1. The number of amides is 1. The van der Waals surface area contributed by atoms with Crippen LogP contribution in [0.2, 0.25) is 0 Å². The highest BCUT2D eigenvalue weighted by atomic mass is 79.9. The summed E-state index contributed by atoms with van der Waals surface area (Å²) in [4.78, 5) is 17.6. The van der Waals surface area contributed by atoms with Gasteiger partial charge in [-0.05, 0) is 32.1 Å². The number of ether oxygens (including phenoxy) is 1. The van der Waals surface area contributed by atoms with E-state index >= 15 is 0 Å². The first-order valence-electron chi connectivity index (χ1n) is 9.26. The normalized spacial score (nSPS) is 15.0. The number of rotatable bonds is 5. The number of carbonyl (C=O) groups excluding carboxylic acids is 1. The number of halogens is 1. The lowest BCUT2D eigenvalue weighted by Crippen LogP contribution is -2.21. The van der Waals surface area contributed by atoms with Gasteiger partial charge in [-0.2, -0.15) is 10.1 Å². The van der Waals surface area contributed by atoms with Gasteiger partial charge >= 0.3 is 0 Å². The second kappa shape index (κ2) is 8.41. The van der Waals surface area contributed by atoms with E-state index in [4.69, 9.17) is 4.74 Å². The number of anilines is 1. The summed E-state index contributed by atoms with van der Waals surface area (Å²) in [5.74, 6) is 0.0362. The average Bonchev–Trinajstić information content (AvgIpc) is 3.33. The molecule has 4 rings (SSSR count). The summed E-state index contributed by atoms with van der Waals surface area (Å²) in [6, 6.07) is 13.2. The van der Waals surface area contributed by atoms with Crippen LogP contribution in [0.1, 0.15) is 19.4 Å². The molecule has 0 bridgehead atoms. The van der Waals surface area contributed by atoms with Gasteiger partial charge in [0.1, 0.15) is 0 Å². The third-order valence-electron chi connectivity index (χ3n) is 4.47. The first-order chi connectivity index (χ1) is 14.5. The smallest absolute Gasteiger partial charge is 0.282 e. The number of thiazole rings is 1. The molecule has 0 saturated heterocycles. The van der Waals surface area contributed by atoms with Gasteiger partial charge in [0.05, 0.1) is 23.6 Å². The highest BCUT2D eigenvalue weighted by molar-refractivity contribution is 9.10. The van der Waals surface area contributed by atoms with Crippen LogP contribution in [0.3, 0.4) is 0 Å². The summed E-state index contributed by atoms with van der Waals surface area (Å²) < 4.78 is 6.20. The van der Waals surface area contributed by atoms with Crippen molar-refractivity contribution in [3.63, 3.8) is 0 Å². The maximum atomic E-state index is 13.1. The summed E-state index contributed by atoms with van der Waals surface area (Å²) >= 11 is 4.77. The van der Waals surface area contributed by atoms with Gasteiger partial charge < -0.3 is 9.84 Å². The molecular formula is C22H18BrN3O3S. The Balaban J connectivity index is 1.66. The number of hydrogen-bond donors (Lipinski definition) is 1. The van der Waals surface area contributed by atoms with Gasteiger partial charge in [-0.3, -0.25) is 4.79 Å². The summed E-state index contributed by atoms with van der Waals surface area (Å²) in [6.45, 7) is 4.01. The second-order valence-corrected chi connectivity index (χ2v) is 8.27. The number of benzene rings is 2. The van der Waals surface area contributed by atoms with Crippen LogP contribution in [0.25, 0.3) is 17.3 Å². The summed E-state index contributed by atoms with van der Waals surface area (Å²) in [6.07, 6.45) is 1.62. The first-order valence-corrected chi connectivity index (χ1v) is 10.9. The highest BCUT2D eigenvalue weighted by Gasteiger charge is 2.31. The van der Waals surface area contributed by atoms with Crippen molar-refractivity contribution in [3.05, 3.63) is 63.5 Å². The molecule has 0 unspecified atom stereocenters. The van der Waals surface area contributed by atoms with Gasteiger partial charge in [-0.25, -0.2) is 4.98 Å². The molecule has 1 aliphatic heterocycles. The van der Waals surface area contributed by atoms with Crippen molar-refractivity contribution in [2.45, 2.75) is 13.8 Å². The Bertz CT molecular complexity index is 1170. The van der Waals surface area contributed by atoms with Crippen molar-refractivity contribution < 1.29 is 14.6 Å². The molecule has 0 radical (unpaired) electrons. The van der Waals surface area contributed by atoms with Crippen LogP contribution in [-0.4, -0.2) is 28.3 Å². The van der Waals surface area contributed by atoms with E-state index in [1.54, 1.807) is 25.1 Å². The van der Waals surface area contributed by atoms with Gasteiger partial charge in [0.15, 0.2) is 11.5 Å². The van der Waals surface area contributed by atoms with E-state index in [0.29, 0.717) is 34.3 Å². The Morgan fingerprint density at radius 1 is 1.27 bits per heavy atom. The van der Waals surface area contributed by atoms with Gasteiger partial charge in [-0.15, -0.1) is 11.3 Å². The van der Waals surface area contributed by atoms with Crippen LogP contribution in [0.15, 0.2) is 63.0 Å². The molecule has 8 heteroatoms. The molecule has 3 aromatic rings. The fraction of sp³-hybridized carbons (Fsp3) is 0.136. The molecule has 1 aliphatic rings. The zero-order valence-corrected chi connectivity index (χ0v) is 18.7. The lowest BCUT2D eigenvalue weighted by molar-refractivity contribution is -0.114. The quantitative estimate of drug-likeness (QED) is 0.487. The van der Waals surface area contributed by atoms with Gasteiger partial charge in [0, 0.05) is 21.0 Å². The van der Waals surface area contributed by atoms with Crippen LogP contribution in [0.4, 0.5) is 5.13 Å². The van der Waals surface area contributed by atoms with Crippen molar-refractivity contribution in [1.29, 1.82) is 0 Å². The molecule has 2 aromatic carbocycles. The average molecular weight is 484 g/mol. The van der Waals surface area contributed by atoms with Crippen molar-refractivity contribution in [2.75, 3.05) is 11.6 Å². The molecule has 1 N–H and O–H groups in total. The minimum absolute atomic E-state index is 0.0211. The molecule has 6 nitrogen and oxygen atoms in total. The second-order valence-electron chi connectivity index (χ2n) is 6.52. The maximum absolute atomic E-state index is 13.1. The van der Waals surface area contributed by atoms with Crippen LogP contribution < -0.4 is 9.75 Å². The molecule has 0 atom stereocenters. The van der Waals surface area contributed by atoms with Crippen molar-refractivity contribution >= 4 is 50.1 Å². The minimum atomic E-state index is -0.293. The fourth-order valence-corrected chi connectivity index (χ4v) is 4.28. The largest absolute Gasteiger partial charge is 0.504 e. The van der Waals surface area contributed by atoms with E-state index in [2.05, 4.69) is 26.0 Å². The van der Waals surface area contributed by atoms with Crippen LogP contribution in [0.5, 0.6) is 11.5 Å². The van der Waals surface area contributed by atoms with E-state index in [9.17, 15) is 9.90 Å². The molecule has 2 heterocycles. The Labute approximate surface area is 186 Å². The van der Waals surface area contributed by atoms with Crippen molar-refractivity contribution in [1.82, 2.24) is 4.98 Å². The van der Waals surface area contributed by atoms with Gasteiger partial charge in [-0.1, -0.05) is 46.3 Å². The third-order valence-corrected chi connectivity index (χ3v) is 5.75. The Morgan fingerprint density at radius 3 is 2.77 bits per heavy atom. The van der Waals surface area contributed by atoms with E-state index in [-0.39, 0.29) is 11.7 Å². The van der Waals surface area contributed by atoms with E-state index in [1.807, 2.05) is 42.6 Å². The monoisotopic (exact) mass is 483 g/mol. The topological polar surface area (TPSA) is 75.0 Å². The number of nitrogens with zero attached hydrogens (tertiary/aromatic N) is 3. The lowest BCUT2D eigenvalue weighted by Gasteiger charge is -2.10. The van der Waals surface area contributed by atoms with Crippen molar-refractivity contribution in [3.8, 4) is 22.8 Å². The van der Waals surface area contributed by atoms with E-state index in [0.717, 1.165) is 15.7 Å². The Morgan fingerprint density at radius 2 is 2.03 bits per heavy atom. The minimum Gasteiger partial charge on any atom is -0.504 e. The number of aromatic nitrogens is 1. The number of phenolic OH excluding ortho intramolecular Hbond substituents is 1. The van der Waals surface area contributed by atoms with Crippen LogP contribution >= 0.6 is 27.3 Å². The zero-order chi connectivity index (χ0) is 21.3. The molecule has 1 amide bonds. The number of hydrogen-bond acceptors (Lipinski definition) is 6. The predicted octanol–water partition coefficient (Wildman–Crippen LogP) is 5.48. The molecule has 0 fully saturated rings. The summed E-state index contributed by atoms with van der Waals surface area (Å²) in [7, 11) is 0. The van der Waals surface area contributed by atoms with Crippen molar-refractivity contribution in [2.24, 2.45) is 5.10 Å². The molecule has 30 heavy (non-hydrogen) atoms. The Kier molecular flexibility index (Phi) is 5.69. The molecule has 1 aromatic heterocycles. The molecule has 0 saturated carbocycles. The van der Waals surface area contributed by atoms with Crippen LogP contribution in [-0.2, 0) is 4.79 Å². The maximum Gasteiger partial charge on any atom is 0.282 e. The van der Waals surface area contributed by atoms with Crippen LogP contribution in [0, 0.1) is 0 Å². The summed E-state index contributed by atoms with van der Waals surface area (Å²) in [5.41, 5.74) is 3.18. The molecule has 0 spiro atoms. The Hall–Kier alpha value is -2.97. The molecule has 0 aliphatic carbocycles. The zero-order valence-electron chi connectivity index (χ0n) is 16.3. The van der Waals surface area contributed by atoms with Gasteiger partial charge in [0.25, 0.3) is 5.91 Å². The molecular weight excluding hydrogens is 466 g/mol. The van der Waals surface area contributed by atoms with E-state index < -0.39 is 0 Å². The number of hydrazone groups is 1. The van der Waals surface area contributed by atoms with Gasteiger partial charge in [0.2, 0.25) is 5.13 Å². The number of carbonyl (C=O) groups is 1.